The summed E-state index contributed by atoms with van der Waals surface area (Å²) < 4.78 is 5.52. The van der Waals surface area contributed by atoms with Gasteiger partial charge in [0.15, 0.2) is 0 Å². The Hall–Kier alpha value is -1.10. The van der Waals surface area contributed by atoms with Crippen molar-refractivity contribution < 1.29 is 9.53 Å². The molecule has 0 aliphatic carbocycles. The molecule has 0 unspecified atom stereocenters. The molecule has 5 heteroatoms. The fraction of sp³-hybridized carbons (Fsp3) is 0.562. The van der Waals surface area contributed by atoms with Gasteiger partial charge in [0.2, 0.25) is 5.91 Å². The maximum absolute atomic E-state index is 12.2. The normalized spacial score (nSPS) is 19.7. The zero-order valence-electron chi connectivity index (χ0n) is 12.6. The summed E-state index contributed by atoms with van der Waals surface area (Å²) in [5.74, 6) is 0.0451. The molecule has 1 heterocycles. The van der Waals surface area contributed by atoms with Crippen LogP contribution in [0.3, 0.4) is 0 Å². The SMILES string of the molecule is CN(C)C[C@H](NC(=O)C[C@@H]1CCCO1)c1ccc(Cl)cc1. The molecule has 2 rings (SSSR count). The maximum atomic E-state index is 12.2. The van der Waals surface area contributed by atoms with Crippen molar-refractivity contribution in [2.24, 2.45) is 0 Å². The molecule has 116 valence electrons. The van der Waals surface area contributed by atoms with Gasteiger partial charge in [0.05, 0.1) is 18.6 Å². The number of hydrogen-bond acceptors (Lipinski definition) is 3. The molecular formula is C16H23ClN2O2. The predicted molar refractivity (Wildman–Crippen MR) is 84.5 cm³/mol. The zero-order valence-corrected chi connectivity index (χ0v) is 13.4. The summed E-state index contributed by atoms with van der Waals surface area (Å²) in [4.78, 5) is 14.3. The average molecular weight is 311 g/mol. The lowest BCUT2D eigenvalue weighted by molar-refractivity contribution is -0.124. The number of nitrogens with zero attached hydrogens (tertiary/aromatic N) is 1. The molecule has 0 aromatic heterocycles. The molecule has 1 aliphatic heterocycles. The van der Waals surface area contributed by atoms with E-state index >= 15 is 0 Å². The number of benzene rings is 1. The summed E-state index contributed by atoms with van der Waals surface area (Å²) >= 11 is 5.93. The molecule has 1 N–H and O–H groups in total. The third kappa shape index (κ3) is 5.30. The topological polar surface area (TPSA) is 41.6 Å². The Bertz CT molecular complexity index is 456. The van der Waals surface area contributed by atoms with E-state index in [0.29, 0.717) is 11.4 Å². The van der Waals surface area contributed by atoms with Crippen molar-refractivity contribution in [2.75, 3.05) is 27.2 Å². The monoisotopic (exact) mass is 310 g/mol. The lowest BCUT2D eigenvalue weighted by atomic mass is 10.1. The Morgan fingerprint density at radius 2 is 2.14 bits per heavy atom. The Morgan fingerprint density at radius 1 is 1.43 bits per heavy atom. The van der Waals surface area contributed by atoms with Crippen LogP contribution in [0.5, 0.6) is 0 Å². The van der Waals surface area contributed by atoms with Crippen molar-refractivity contribution in [3.8, 4) is 0 Å². The molecule has 2 atom stereocenters. The smallest absolute Gasteiger partial charge is 0.223 e. The third-order valence-electron chi connectivity index (χ3n) is 3.59. The molecule has 0 bridgehead atoms. The van der Waals surface area contributed by atoms with Crippen LogP contribution in [0, 0.1) is 0 Å². The number of carbonyl (C=O) groups excluding carboxylic acids is 1. The number of carbonyl (C=O) groups is 1. The van der Waals surface area contributed by atoms with E-state index in [-0.39, 0.29) is 18.1 Å². The highest BCUT2D eigenvalue weighted by atomic mass is 35.5. The van der Waals surface area contributed by atoms with Gasteiger partial charge in [0, 0.05) is 18.2 Å². The second-order valence-electron chi connectivity index (χ2n) is 5.77. The van der Waals surface area contributed by atoms with E-state index in [2.05, 4.69) is 10.2 Å². The van der Waals surface area contributed by atoms with Crippen molar-refractivity contribution in [1.82, 2.24) is 10.2 Å². The van der Waals surface area contributed by atoms with Gasteiger partial charge in [0.1, 0.15) is 0 Å². The van der Waals surface area contributed by atoms with Crippen LogP contribution in [0.25, 0.3) is 0 Å². The molecule has 1 aliphatic rings. The van der Waals surface area contributed by atoms with Crippen LogP contribution in [0.4, 0.5) is 0 Å². The Balaban J connectivity index is 1.98. The first-order valence-corrected chi connectivity index (χ1v) is 7.73. The van der Waals surface area contributed by atoms with Gasteiger partial charge in [-0.3, -0.25) is 4.79 Å². The van der Waals surface area contributed by atoms with Crippen LogP contribution in [0.15, 0.2) is 24.3 Å². The summed E-state index contributed by atoms with van der Waals surface area (Å²) in [7, 11) is 3.99. The highest BCUT2D eigenvalue weighted by Crippen LogP contribution is 2.19. The molecule has 0 saturated carbocycles. The Labute approximate surface area is 131 Å². The summed E-state index contributed by atoms with van der Waals surface area (Å²) in [5, 5.41) is 3.81. The van der Waals surface area contributed by atoms with Crippen LogP contribution in [0.2, 0.25) is 5.02 Å². The van der Waals surface area contributed by atoms with Gasteiger partial charge in [-0.2, -0.15) is 0 Å². The molecule has 4 nitrogen and oxygen atoms in total. The third-order valence-corrected chi connectivity index (χ3v) is 3.84. The first-order chi connectivity index (χ1) is 10.0. The standard InChI is InChI=1S/C16H23ClN2O2/c1-19(2)11-15(12-5-7-13(17)8-6-12)18-16(20)10-14-4-3-9-21-14/h5-8,14-15H,3-4,9-11H2,1-2H3,(H,18,20)/t14-,15-/m0/s1. The first kappa shape index (κ1) is 16.3. The van der Waals surface area contributed by atoms with Crippen LogP contribution in [-0.2, 0) is 9.53 Å². The predicted octanol–water partition coefficient (Wildman–Crippen LogP) is 2.63. The molecule has 21 heavy (non-hydrogen) atoms. The van der Waals surface area contributed by atoms with Gasteiger partial charge in [-0.25, -0.2) is 0 Å². The molecule has 1 aromatic carbocycles. The molecule has 1 saturated heterocycles. The van der Waals surface area contributed by atoms with Crippen LogP contribution in [0.1, 0.15) is 30.9 Å². The van der Waals surface area contributed by atoms with Gasteiger partial charge >= 0.3 is 0 Å². The molecule has 1 aromatic rings. The number of rotatable bonds is 6. The van der Waals surface area contributed by atoms with E-state index in [1.165, 1.54) is 0 Å². The number of ether oxygens (including phenoxy) is 1. The minimum Gasteiger partial charge on any atom is -0.378 e. The van der Waals surface area contributed by atoms with E-state index in [0.717, 1.165) is 31.6 Å². The molecule has 1 fully saturated rings. The van der Waals surface area contributed by atoms with Gasteiger partial charge in [-0.1, -0.05) is 23.7 Å². The number of likely N-dealkylation sites (N-methyl/N-ethyl adjacent to an activating group) is 1. The van der Waals surface area contributed by atoms with Crippen molar-refractivity contribution in [1.29, 1.82) is 0 Å². The first-order valence-electron chi connectivity index (χ1n) is 7.36. The van der Waals surface area contributed by atoms with E-state index in [4.69, 9.17) is 16.3 Å². The van der Waals surface area contributed by atoms with Crippen molar-refractivity contribution >= 4 is 17.5 Å². The number of amides is 1. The summed E-state index contributed by atoms with van der Waals surface area (Å²) in [6.07, 6.45) is 2.55. The molecule has 1 amide bonds. The van der Waals surface area contributed by atoms with Crippen LogP contribution >= 0.6 is 11.6 Å². The Kier molecular flexibility index (Phi) is 6.03. The minimum absolute atomic E-state index is 0.0360. The highest BCUT2D eigenvalue weighted by molar-refractivity contribution is 6.30. The van der Waals surface area contributed by atoms with Crippen LogP contribution < -0.4 is 5.32 Å². The van der Waals surface area contributed by atoms with Crippen LogP contribution in [-0.4, -0.2) is 44.2 Å². The average Bonchev–Trinajstić information content (AvgIpc) is 2.91. The largest absolute Gasteiger partial charge is 0.378 e. The fourth-order valence-electron chi connectivity index (χ4n) is 2.56. The van der Waals surface area contributed by atoms with E-state index in [1.54, 1.807) is 0 Å². The number of halogens is 1. The summed E-state index contributed by atoms with van der Waals surface area (Å²) in [6, 6.07) is 7.59. The highest BCUT2D eigenvalue weighted by Gasteiger charge is 2.21. The van der Waals surface area contributed by atoms with E-state index in [9.17, 15) is 4.79 Å². The minimum atomic E-state index is -0.0360. The molecule has 0 spiro atoms. The van der Waals surface area contributed by atoms with Gasteiger partial charge in [-0.05, 0) is 44.6 Å². The lowest BCUT2D eigenvalue weighted by Crippen LogP contribution is -2.36. The zero-order chi connectivity index (χ0) is 15.2. The Morgan fingerprint density at radius 3 is 2.71 bits per heavy atom. The summed E-state index contributed by atoms with van der Waals surface area (Å²) in [6.45, 7) is 1.52. The van der Waals surface area contributed by atoms with Crippen molar-refractivity contribution in [2.45, 2.75) is 31.4 Å². The van der Waals surface area contributed by atoms with Gasteiger partial charge in [-0.15, -0.1) is 0 Å². The molecular weight excluding hydrogens is 288 g/mol. The van der Waals surface area contributed by atoms with Gasteiger partial charge < -0.3 is 15.0 Å². The van der Waals surface area contributed by atoms with E-state index < -0.39 is 0 Å². The number of hydrogen-bond donors (Lipinski definition) is 1. The van der Waals surface area contributed by atoms with Crippen molar-refractivity contribution in [3.63, 3.8) is 0 Å². The second kappa shape index (κ2) is 7.78. The van der Waals surface area contributed by atoms with Crippen molar-refractivity contribution in [3.05, 3.63) is 34.9 Å². The maximum Gasteiger partial charge on any atom is 0.223 e. The number of nitrogens with one attached hydrogen (secondary N) is 1. The fourth-order valence-corrected chi connectivity index (χ4v) is 2.69. The second-order valence-corrected chi connectivity index (χ2v) is 6.21. The van der Waals surface area contributed by atoms with Gasteiger partial charge in [0.25, 0.3) is 0 Å². The quantitative estimate of drug-likeness (QED) is 0.878. The lowest BCUT2D eigenvalue weighted by Gasteiger charge is -2.23. The molecule has 0 radical (unpaired) electrons. The van der Waals surface area contributed by atoms with E-state index in [1.807, 2.05) is 38.4 Å². The summed E-state index contributed by atoms with van der Waals surface area (Å²) in [5.41, 5.74) is 1.06.